The number of hydrogen-bond donors (Lipinski definition) is 0. The summed E-state index contributed by atoms with van der Waals surface area (Å²) >= 11 is 0. The second-order valence-electron chi connectivity index (χ2n) is 6.07. The summed E-state index contributed by atoms with van der Waals surface area (Å²) in [7, 11) is 0. The van der Waals surface area contributed by atoms with Gasteiger partial charge in [-0.3, -0.25) is 0 Å². The van der Waals surface area contributed by atoms with Crippen LogP contribution in [0.25, 0.3) is 0 Å². The number of carboxylic acid groups (broad SMARTS) is 1. The summed E-state index contributed by atoms with van der Waals surface area (Å²) in [6, 6.07) is 0. The number of carbonyl (C=O) groups is 1. The summed E-state index contributed by atoms with van der Waals surface area (Å²) in [6.45, 7) is 2.27. The molecule has 0 atom stereocenters. The minimum absolute atomic E-state index is 0. The van der Waals surface area contributed by atoms with E-state index < -0.39 is 5.97 Å². The third kappa shape index (κ3) is 22.4. The minimum Gasteiger partial charge on any atom is -0.550 e. The van der Waals surface area contributed by atoms with Crippen molar-refractivity contribution >= 4 is 5.97 Å². The molecule has 21 heavy (non-hydrogen) atoms. The Balaban J connectivity index is 0. The maximum absolute atomic E-state index is 10.2. The molecule has 0 aromatic carbocycles. The molecule has 0 saturated heterocycles. The quantitative estimate of drug-likeness (QED) is 0.373. The summed E-state index contributed by atoms with van der Waals surface area (Å²) in [5.74, 6) is -0.903. The molecular formula is C18H35CrO2+. The van der Waals surface area contributed by atoms with Crippen LogP contribution in [0, 0.1) is 0 Å². The summed E-state index contributed by atoms with van der Waals surface area (Å²) in [5.41, 5.74) is 0. The van der Waals surface area contributed by atoms with Gasteiger partial charge in [-0.25, -0.2) is 0 Å². The van der Waals surface area contributed by atoms with Crippen molar-refractivity contribution in [1.29, 1.82) is 0 Å². The van der Waals surface area contributed by atoms with E-state index in [2.05, 4.69) is 6.92 Å². The Hall–Kier alpha value is 0.00247. The van der Waals surface area contributed by atoms with Crippen molar-refractivity contribution in [2.24, 2.45) is 0 Å². The van der Waals surface area contributed by atoms with E-state index in [-0.39, 0.29) is 23.8 Å². The van der Waals surface area contributed by atoms with Crippen LogP contribution in [0.1, 0.15) is 110 Å². The zero-order chi connectivity index (χ0) is 14.9. The monoisotopic (exact) mass is 335 g/mol. The molecular weight excluding hydrogens is 300 g/mol. The van der Waals surface area contributed by atoms with Gasteiger partial charge in [0.1, 0.15) is 0 Å². The Kier molecular flexibility index (Phi) is 22.2. The number of unbranched alkanes of at least 4 members (excludes halogenated alkanes) is 14. The van der Waals surface area contributed by atoms with Crippen LogP contribution in [-0.4, -0.2) is 5.97 Å². The average Bonchev–Trinajstić information content (AvgIpc) is 2.43. The van der Waals surface area contributed by atoms with E-state index in [1.54, 1.807) is 0 Å². The first-order valence-electron chi connectivity index (χ1n) is 8.97. The number of aliphatic carboxylic acids is 1. The maximum Gasteiger partial charge on any atom is 2.00 e. The van der Waals surface area contributed by atoms with Gasteiger partial charge in [-0.15, -0.1) is 0 Å². The van der Waals surface area contributed by atoms with Crippen LogP contribution in [0.4, 0.5) is 0 Å². The molecule has 124 valence electrons. The van der Waals surface area contributed by atoms with Gasteiger partial charge in [0.15, 0.2) is 0 Å². The second kappa shape index (κ2) is 20.0. The number of rotatable bonds is 16. The normalized spacial score (nSPS) is 10.3. The molecule has 0 amide bonds. The van der Waals surface area contributed by atoms with Crippen molar-refractivity contribution in [2.75, 3.05) is 0 Å². The number of carbonyl (C=O) groups excluding carboxylic acids is 1. The molecule has 3 heteroatoms. The van der Waals surface area contributed by atoms with Crippen molar-refractivity contribution in [2.45, 2.75) is 110 Å². The van der Waals surface area contributed by atoms with E-state index in [1.807, 2.05) is 0 Å². The predicted octanol–water partition coefficient (Wildman–Crippen LogP) is 5.00. The molecule has 0 aliphatic rings. The van der Waals surface area contributed by atoms with Gasteiger partial charge in [0.2, 0.25) is 0 Å². The van der Waals surface area contributed by atoms with Crippen molar-refractivity contribution in [1.82, 2.24) is 0 Å². The number of carboxylic acids is 1. The van der Waals surface area contributed by atoms with E-state index >= 15 is 0 Å². The van der Waals surface area contributed by atoms with Crippen molar-refractivity contribution in [3.63, 3.8) is 0 Å². The van der Waals surface area contributed by atoms with Crippen LogP contribution >= 0.6 is 0 Å². The molecule has 0 aliphatic heterocycles. The largest absolute Gasteiger partial charge is 2.00 e. The van der Waals surface area contributed by atoms with Crippen LogP contribution in [0.3, 0.4) is 0 Å². The van der Waals surface area contributed by atoms with Gasteiger partial charge in [0, 0.05) is 5.97 Å². The fourth-order valence-corrected chi connectivity index (χ4v) is 2.64. The molecule has 0 bridgehead atoms. The second-order valence-corrected chi connectivity index (χ2v) is 6.07. The molecule has 2 nitrogen and oxygen atoms in total. The van der Waals surface area contributed by atoms with Gasteiger partial charge in [-0.2, -0.15) is 0 Å². The molecule has 0 rings (SSSR count). The summed E-state index contributed by atoms with van der Waals surface area (Å²) < 4.78 is 0. The molecule has 0 fully saturated rings. The van der Waals surface area contributed by atoms with Crippen molar-refractivity contribution in [3.8, 4) is 0 Å². The topological polar surface area (TPSA) is 40.1 Å². The summed E-state index contributed by atoms with van der Waals surface area (Å²) in [6.07, 6.45) is 19.9. The fraction of sp³-hybridized carbons (Fsp3) is 0.944. The van der Waals surface area contributed by atoms with Crippen LogP contribution in [0.15, 0.2) is 0 Å². The first kappa shape index (κ1) is 23.3. The van der Waals surface area contributed by atoms with E-state index in [4.69, 9.17) is 0 Å². The van der Waals surface area contributed by atoms with Gasteiger partial charge in [0.25, 0.3) is 0 Å². The number of hydrogen-bond acceptors (Lipinski definition) is 2. The van der Waals surface area contributed by atoms with E-state index in [0.717, 1.165) is 12.8 Å². The Morgan fingerprint density at radius 3 is 1.19 bits per heavy atom. The minimum atomic E-state index is -0.903. The summed E-state index contributed by atoms with van der Waals surface area (Å²) in [5, 5.41) is 10.2. The van der Waals surface area contributed by atoms with Gasteiger partial charge in [0.05, 0.1) is 0 Å². The first-order chi connectivity index (χ1) is 9.77. The zero-order valence-electron chi connectivity index (χ0n) is 14.0. The third-order valence-corrected chi connectivity index (χ3v) is 3.98. The molecule has 0 radical (unpaired) electrons. The van der Waals surface area contributed by atoms with Crippen LogP contribution in [-0.2, 0) is 22.2 Å². The Bertz CT molecular complexity index is 207. The molecule has 0 aromatic heterocycles. The van der Waals surface area contributed by atoms with Gasteiger partial charge in [-0.05, 0) is 12.8 Å². The van der Waals surface area contributed by atoms with Crippen LogP contribution in [0.2, 0.25) is 0 Å². The van der Waals surface area contributed by atoms with Crippen molar-refractivity contribution < 1.29 is 27.3 Å². The maximum atomic E-state index is 10.2. The summed E-state index contributed by atoms with van der Waals surface area (Å²) in [4.78, 5) is 10.2. The predicted molar refractivity (Wildman–Crippen MR) is 84.6 cm³/mol. The van der Waals surface area contributed by atoms with Crippen LogP contribution < -0.4 is 5.11 Å². The molecule has 0 saturated carbocycles. The molecule has 0 unspecified atom stereocenters. The molecule has 0 heterocycles. The van der Waals surface area contributed by atoms with E-state index in [9.17, 15) is 9.90 Å². The van der Waals surface area contributed by atoms with Crippen molar-refractivity contribution in [3.05, 3.63) is 0 Å². The zero-order valence-corrected chi connectivity index (χ0v) is 15.3. The van der Waals surface area contributed by atoms with Gasteiger partial charge >= 0.3 is 17.4 Å². The standard InChI is InChI=1S/C18H36O2.Cr/c1-2-3-4-5-6-7-8-9-10-11-12-13-14-15-16-17-18(19)20;/h2-17H2,1H3,(H,19,20);/q;+2/p-1. The Morgan fingerprint density at radius 1 is 0.619 bits per heavy atom. The average molecular weight is 335 g/mol. The van der Waals surface area contributed by atoms with Gasteiger partial charge in [-0.1, -0.05) is 96.8 Å². The van der Waals surface area contributed by atoms with Gasteiger partial charge < -0.3 is 9.90 Å². The first-order valence-corrected chi connectivity index (χ1v) is 8.97. The molecule has 0 aromatic rings. The van der Waals surface area contributed by atoms with E-state index in [0.29, 0.717) is 0 Å². The molecule has 0 N–H and O–H groups in total. The van der Waals surface area contributed by atoms with Crippen LogP contribution in [0.5, 0.6) is 0 Å². The SMILES string of the molecule is CCCCCCCCCCCCCCCCCC(=O)[O-].[Cr+2]. The Morgan fingerprint density at radius 2 is 0.905 bits per heavy atom. The molecule has 0 spiro atoms. The smallest absolute Gasteiger partial charge is 0.550 e. The third-order valence-electron chi connectivity index (χ3n) is 3.98. The molecule has 0 aliphatic carbocycles. The Labute approximate surface area is 143 Å². The fourth-order valence-electron chi connectivity index (χ4n) is 2.64. The van der Waals surface area contributed by atoms with E-state index in [1.165, 1.54) is 83.5 Å².